The van der Waals surface area contributed by atoms with Gasteiger partial charge in [-0.2, -0.15) is 9.97 Å². The predicted octanol–water partition coefficient (Wildman–Crippen LogP) is 2.57. The lowest BCUT2D eigenvalue weighted by Gasteiger charge is -2.10. The highest BCUT2D eigenvalue weighted by atomic mass is 32.1. The monoisotopic (exact) mass is 824 g/mol. The SMILES string of the molecule is Cc1nc([C@](C)(O)C#Cc2ccc3c(c2)-c2nc(C(N)=O)sc2[C@@H](O)CO3)no1.Cc1nc([C@](C)(O)C#Cc2ccc3c(c2)-c2nc(C(N)=O)sc2[C@H](O)CO3)no1. The second-order valence-corrected chi connectivity index (χ2v) is 15.2. The fraction of sp³-hybridized carbons (Fsp3) is 0.263. The number of hydrogen-bond donors (Lipinski definition) is 6. The van der Waals surface area contributed by atoms with Crippen LogP contribution in [0, 0.1) is 37.5 Å². The van der Waals surface area contributed by atoms with Crippen molar-refractivity contribution in [1.29, 1.82) is 0 Å². The van der Waals surface area contributed by atoms with Crippen LogP contribution in [0.25, 0.3) is 22.5 Å². The third-order valence-electron chi connectivity index (χ3n) is 8.42. The summed E-state index contributed by atoms with van der Waals surface area (Å²) in [6.07, 6.45) is -1.86. The number of rotatable bonds is 4. The number of hydrogen-bond acceptors (Lipinski definition) is 18. The minimum atomic E-state index is -1.61. The standard InChI is InChI=1S/2C19H16N4O5S/c2*1-9-21-18(23-28-9)19(2,26)6-5-10-3-4-13-11(7-10)14-15(12(24)8-27-13)29-17(22-14)16(20)25/h2*3-4,7,12,24,26H,8H2,1-2H3,(H2,20,25)/t12-,19+;12-,19-/m01/s1. The van der Waals surface area contributed by atoms with Crippen LogP contribution in [0.15, 0.2) is 45.4 Å². The van der Waals surface area contributed by atoms with Crippen molar-refractivity contribution in [3.05, 3.63) is 90.7 Å². The van der Waals surface area contributed by atoms with Crippen molar-refractivity contribution in [3.63, 3.8) is 0 Å². The van der Waals surface area contributed by atoms with E-state index in [1.807, 2.05) is 0 Å². The van der Waals surface area contributed by atoms with Crippen LogP contribution in [0.5, 0.6) is 11.5 Å². The van der Waals surface area contributed by atoms with E-state index in [1.54, 1.807) is 50.2 Å². The van der Waals surface area contributed by atoms with Crippen LogP contribution in [-0.2, 0) is 11.2 Å². The molecule has 2 aromatic carbocycles. The second-order valence-electron chi connectivity index (χ2n) is 13.2. The average molecular weight is 825 g/mol. The van der Waals surface area contributed by atoms with E-state index in [4.69, 9.17) is 30.0 Å². The van der Waals surface area contributed by atoms with E-state index in [0.717, 1.165) is 22.7 Å². The Kier molecular flexibility index (Phi) is 10.6. The molecule has 0 aliphatic carbocycles. The van der Waals surface area contributed by atoms with Crippen molar-refractivity contribution < 1.29 is 48.5 Å². The molecule has 8 N–H and O–H groups in total. The Bertz CT molecular complexity index is 2530. The van der Waals surface area contributed by atoms with E-state index >= 15 is 0 Å². The Morgan fingerprint density at radius 1 is 0.707 bits per heavy atom. The number of amides is 2. The summed E-state index contributed by atoms with van der Waals surface area (Å²) in [6, 6.07) is 10.2. The molecular formula is C38H32N8O10S2. The van der Waals surface area contributed by atoms with Crippen LogP contribution in [0.1, 0.15) is 90.0 Å². The van der Waals surface area contributed by atoms with Gasteiger partial charge in [0.05, 0.1) is 21.1 Å². The minimum Gasteiger partial charge on any atom is -0.490 e. The van der Waals surface area contributed by atoms with Gasteiger partial charge in [0.2, 0.25) is 23.4 Å². The number of aliphatic hydroxyl groups is 4. The first-order chi connectivity index (χ1) is 27.5. The summed E-state index contributed by atoms with van der Waals surface area (Å²) < 4.78 is 21.1. The Morgan fingerprint density at radius 2 is 1.10 bits per heavy atom. The van der Waals surface area contributed by atoms with Gasteiger partial charge in [-0.1, -0.05) is 34.0 Å². The van der Waals surface area contributed by atoms with E-state index < -0.39 is 35.2 Å². The molecule has 20 heteroatoms. The van der Waals surface area contributed by atoms with Crippen molar-refractivity contribution in [3.8, 4) is 57.7 Å². The maximum atomic E-state index is 11.5. The van der Waals surface area contributed by atoms with Crippen molar-refractivity contribution in [2.45, 2.75) is 51.1 Å². The number of nitrogens with zero attached hydrogens (tertiary/aromatic N) is 6. The molecule has 4 aromatic heterocycles. The van der Waals surface area contributed by atoms with Crippen molar-refractivity contribution in [1.82, 2.24) is 30.2 Å². The molecule has 0 saturated heterocycles. The normalized spacial score (nSPS) is 17.0. The van der Waals surface area contributed by atoms with Crippen LogP contribution < -0.4 is 20.9 Å². The maximum Gasteiger partial charge on any atom is 0.277 e. The van der Waals surface area contributed by atoms with Gasteiger partial charge in [0.1, 0.15) is 36.9 Å². The third-order valence-corrected chi connectivity index (χ3v) is 10.8. The topological polar surface area (TPSA) is 289 Å². The number of benzene rings is 2. The number of nitrogens with two attached hydrogens (primary N) is 2. The van der Waals surface area contributed by atoms with Crippen LogP contribution in [0.3, 0.4) is 0 Å². The zero-order valence-electron chi connectivity index (χ0n) is 30.9. The van der Waals surface area contributed by atoms with Gasteiger partial charge in [-0.15, -0.1) is 22.7 Å². The largest absolute Gasteiger partial charge is 0.490 e. The molecule has 2 aliphatic rings. The molecule has 4 atom stereocenters. The van der Waals surface area contributed by atoms with Crippen LogP contribution in [0.4, 0.5) is 0 Å². The molecule has 18 nitrogen and oxygen atoms in total. The van der Waals surface area contributed by atoms with Crippen molar-refractivity contribution in [2.24, 2.45) is 11.5 Å². The number of fused-ring (bicyclic) bond motifs is 6. The zero-order valence-corrected chi connectivity index (χ0v) is 32.6. The maximum absolute atomic E-state index is 11.5. The fourth-order valence-electron chi connectivity index (χ4n) is 5.53. The second kappa shape index (κ2) is 15.4. The highest BCUT2D eigenvalue weighted by Crippen LogP contribution is 2.42. The van der Waals surface area contributed by atoms with Crippen molar-refractivity contribution >= 4 is 34.5 Å². The number of aromatic nitrogens is 6. The molecule has 0 spiro atoms. The van der Waals surface area contributed by atoms with Gasteiger partial charge in [-0.3, -0.25) is 9.59 Å². The molecule has 0 radical (unpaired) electrons. The Balaban J connectivity index is 0.000000177. The lowest BCUT2D eigenvalue weighted by atomic mass is 10.0. The first kappa shape index (κ1) is 39.7. The van der Waals surface area contributed by atoms with Gasteiger partial charge in [0.15, 0.2) is 21.2 Å². The van der Waals surface area contributed by atoms with E-state index in [2.05, 4.69) is 53.9 Å². The summed E-state index contributed by atoms with van der Waals surface area (Å²) >= 11 is 2.07. The molecule has 0 unspecified atom stereocenters. The molecule has 2 aliphatic heterocycles. The first-order valence-electron chi connectivity index (χ1n) is 17.1. The molecule has 8 rings (SSSR count). The molecule has 0 saturated carbocycles. The van der Waals surface area contributed by atoms with Crippen LogP contribution in [0.2, 0.25) is 0 Å². The first-order valence-corrected chi connectivity index (χ1v) is 18.8. The summed E-state index contributed by atoms with van der Waals surface area (Å²) in [5.41, 5.74) is 10.6. The summed E-state index contributed by atoms with van der Waals surface area (Å²) in [5.74, 6) is 11.6. The number of carbonyl (C=O) groups excluding carboxylic acids is 2. The van der Waals surface area contributed by atoms with Crippen LogP contribution >= 0.6 is 22.7 Å². The summed E-state index contributed by atoms with van der Waals surface area (Å²) in [4.78, 5) is 40.6. The van der Waals surface area contributed by atoms with Crippen LogP contribution in [-0.4, -0.2) is 75.7 Å². The highest BCUT2D eigenvalue weighted by Gasteiger charge is 2.31. The predicted molar refractivity (Wildman–Crippen MR) is 204 cm³/mol. The molecular weight excluding hydrogens is 793 g/mol. The van der Waals surface area contributed by atoms with Crippen molar-refractivity contribution in [2.75, 3.05) is 13.2 Å². The Hall–Kier alpha value is -6.52. The molecule has 6 heterocycles. The molecule has 58 heavy (non-hydrogen) atoms. The quantitative estimate of drug-likeness (QED) is 0.139. The van der Waals surface area contributed by atoms with Gasteiger partial charge >= 0.3 is 0 Å². The fourth-order valence-corrected chi connectivity index (χ4v) is 7.34. The molecule has 0 bridgehead atoms. The molecule has 2 amide bonds. The van der Waals surface area contributed by atoms with E-state index in [1.165, 1.54) is 13.8 Å². The number of carbonyl (C=O) groups is 2. The van der Waals surface area contributed by atoms with E-state index in [0.29, 0.717) is 66.7 Å². The van der Waals surface area contributed by atoms with Gasteiger partial charge in [0, 0.05) is 36.1 Å². The van der Waals surface area contributed by atoms with Gasteiger partial charge in [0.25, 0.3) is 11.8 Å². The Labute approximate surface area is 336 Å². The number of aryl methyl sites for hydroxylation is 2. The summed E-state index contributed by atoms with van der Waals surface area (Å²) in [6.45, 7) is 6.21. The number of thiazole rings is 2. The third kappa shape index (κ3) is 8.15. The van der Waals surface area contributed by atoms with Gasteiger partial charge < -0.3 is 50.4 Å². The zero-order chi connectivity index (χ0) is 41.5. The summed E-state index contributed by atoms with van der Waals surface area (Å²) in [7, 11) is 0. The van der Waals surface area contributed by atoms with Gasteiger partial charge in [-0.05, 0) is 50.2 Å². The minimum absolute atomic E-state index is 0.0251. The molecule has 296 valence electrons. The highest BCUT2D eigenvalue weighted by molar-refractivity contribution is 7.14. The molecule has 0 fully saturated rings. The number of aliphatic hydroxyl groups excluding tert-OH is 2. The molecule has 6 aromatic rings. The lowest BCUT2D eigenvalue weighted by molar-refractivity contribution is 0.0991. The average Bonchev–Trinajstić information content (AvgIpc) is 4.00. The van der Waals surface area contributed by atoms with E-state index in [-0.39, 0.29) is 34.9 Å². The number of primary amides is 2. The summed E-state index contributed by atoms with van der Waals surface area (Å²) in [5, 5.41) is 49.3. The smallest absolute Gasteiger partial charge is 0.277 e. The Morgan fingerprint density at radius 3 is 1.45 bits per heavy atom. The lowest BCUT2D eigenvalue weighted by Crippen LogP contribution is -2.20. The number of ether oxygens (including phenoxy) is 2. The van der Waals surface area contributed by atoms with E-state index in [9.17, 15) is 30.0 Å². The van der Waals surface area contributed by atoms with Gasteiger partial charge in [-0.25, -0.2) is 9.97 Å².